The fraction of sp³-hybridized carbons (Fsp3) is 0.391. The van der Waals surface area contributed by atoms with E-state index < -0.39 is 11.9 Å². The van der Waals surface area contributed by atoms with E-state index in [0.29, 0.717) is 23.3 Å². The highest BCUT2D eigenvalue weighted by Crippen LogP contribution is 2.31. The second-order valence-corrected chi connectivity index (χ2v) is 9.91. The zero-order chi connectivity index (χ0) is 22.4. The summed E-state index contributed by atoms with van der Waals surface area (Å²) >= 11 is 1.74. The minimum absolute atomic E-state index is 0.189. The Morgan fingerprint density at radius 3 is 2.73 bits per heavy atom. The lowest BCUT2D eigenvalue weighted by atomic mass is 10.2. The highest BCUT2D eigenvalue weighted by atomic mass is 32.1. The van der Waals surface area contributed by atoms with Crippen LogP contribution in [0.15, 0.2) is 29.4 Å². The zero-order valence-corrected chi connectivity index (χ0v) is 18.9. The van der Waals surface area contributed by atoms with Crippen LogP contribution in [-0.4, -0.2) is 38.6 Å². The van der Waals surface area contributed by atoms with Crippen LogP contribution in [0.5, 0.6) is 0 Å². The van der Waals surface area contributed by atoms with Gasteiger partial charge in [-0.15, -0.1) is 11.3 Å². The van der Waals surface area contributed by atoms with Gasteiger partial charge >= 0.3 is 6.03 Å². The Kier molecular flexibility index (Phi) is 5.11. The highest BCUT2D eigenvalue weighted by molar-refractivity contribution is 7.10. The molecule has 3 aromatic rings. The third kappa shape index (κ3) is 4.23. The number of thiophene rings is 1. The van der Waals surface area contributed by atoms with Crippen molar-refractivity contribution in [2.75, 3.05) is 5.32 Å². The molecule has 3 fully saturated rings. The van der Waals surface area contributed by atoms with Crippen LogP contribution in [0.1, 0.15) is 49.0 Å². The van der Waals surface area contributed by atoms with Gasteiger partial charge in [0.2, 0.25) is 0 Å². The summed E-state index contributed by atoms with van der Waals surface area (Å²) in [5.74, 6) is 0.419. The summed E-state index contributed by atoms with van der Waals surface area (Å²) in [7, 11) is 0. The standard InChI is InChI=1S/C23H25N7O2S/c31-22-19(28-23(32)29-22)8-13-10-25-30-20(26-16-5-6-16)9-18(27-21(13)30)14-7-17(33-12-14)11-24-15-3-1-2-4-15/h7-10,12,15-16,24,26H,1-6,11H2,(H2,28,29,31,32)/b19-8-. The number of hydrogen-bond acceptors (Lipinski definition) is 7. The van der Waals surface area contributed by atoms with E-state index in [-0.39, 0.29) is 5.70 Å². The molecule has 0 bridgehead atoms. The Morgan fingerprint density at radius 1 is 1.12 bits per heavy atom. The molecular weight excluding hydrogens is 438 g/mol. The van der Waals surface area contributed by atoms with Gasteiger partial charge in [0.1, 0.15) is 11.5 Å². The van der Waals surface area contributed by atoms with E-state index >= 15 is 0 Å². The molecule has 0 aromatic carbocycles. The molecule has 33 heavy (non-hydrogen) atoms. The van der Waals surface area contributed by atoms with Crippen molar-refractivity contribution < 1.29 is 9.59 Å². The van der Waals surface area contributed by atoms with Gasteiger partial charge in [-0.1, -0.05) is 12.8 Å². The van der Waals surface area contributed by atoms with Crippen molar-refractivity contribution in [3.63, 3.8) is 0 Å². The second-order valence-electron chi connectivity index (χ2n) is 8.91. The van der Waals surface area contributed by atoms with Crippen molar-refractivity contribution in [2.45, 2.75) is 57.2 Å². The fourth-order valence-corrected chi connectivity index (χ4v) is 5.22. The van der Waals surface area contributed by atoms with Crippen LogP contribution >= 0.6 is 11.3 Å². The predicted octanol–water partition coefficient (Wildman–Crippen LogP) is 3.24. The molecule has 6 rings (SSSR count). The number of rotatable bonds is 7. The number of anilines is 1. The topological polar surface area (TPSA) is 112 Å². The van der Waals surface area contributed by atoms with Crippen molar-refractivity contribution in [3.05, 3.63) is 39.8 Å². The van der Waals surface area contributed by atoms with E-state index in [4.69, 9.17) is 4.98 Å². The normalized spacial score (nSPS) is 20.1. The van der Waals surface area contributed by atoms with Crippen molar-refractivity contribution in [3.8, 4) is 11.3 Å². The number of amides is 3. The first kappa shape index (κ1) is 20.4. The zero-order valence-electron chi connectivity index (χ0n) is 18.1. The molecule has 0 unspecified atom stereocenters. The Bertz CT molecular complexity index is 1270. The predicted molar refractivity (Wildman–Crippen MR) is 127 cm³/mol. The summed E-state index contributed by atoms with van der Waals surface area (Å²) in [6.07, 6.45) is 10.7. The van der Waals surface area contributed by atoms with Crippen LogP contribution in [0, 0.1) is 0 Å². The van der Waals surface area contributed by atoms with E-state index in [9.17, 15) is 9.59 Å². The minimum Gasteiger partial charge on any atom is -0.367 e. The SMILES string of the molecule is O=C1NC(=O)/C(=C/c2cnn3c(NC4CC4)cc(-c4csc(CNC5CCCC5)c4)nc23)N1. The van der Waals surface area contributed by atoms with Crippen molar-refractivity contribution in [1.82, 2.24) is 30.5 Å². The molecule has 3 aliphatic rings. The number of carbonyl (C=O) groups excluding carboxylic acids is 2. The first-order valence-electron chi connectivity index (χ1n) is 11.4. The molecular formula is C23H25N7O2S. The summed E-state index contributed by atoms with van der Waals surface area (Å²) in [5.41, 5.74) is 3.41. The minimum atomic E-state index is -0.524. The van der Waals surface area contributed by atoms with Gasteiger partial charge in [-0.3, -0.25) is 10.1 Å². The average Bonchev–Trinajstić information content (AvgIpc) is 3.22. The number of nitrogens with zero attached hydrogens (tertiary/aromatic N) is 3. The molecule has 1 saturated heterocycles. The first-order valence-corrected chi connectivity index (χ1v) is 12.3. The van der Waals surface area contributed by atoms with Crippen LogP contribution in [0.4, 0.5) is 10.6 Å². The van der Waals surface area contributed by atoms with Gasteiger partial charge in [0.15, 0.2) is 5.65 Å². The van der Waals surface area contributed by atoms with Crippen LogP contribution in [0.25, 0.3) is 23.0 Å². The van der Waals surface area contributed by atoms with Crippen LogP contribution < -0.4 is 21.3 Å². The van der Waals surface area contributed by atoms with Gasteiger partial charge < -0.3 is 16.0 Å². The maximum atomic E-state index is 12.0. The largest absolute Gasteiger partial charge is 0.367 e. The molecule has 3 amide bonds. The Morgan fingerprint density at radius 2 is 1.97 bits per heavy atom. The second kappa shape index (κ2) is 8.27. The Labute approximate surface area is 194 Å². The molecule has 4 heterocycles. The lowest BCUT2D eigenvalue weighted by molar-refractivity contribution is -0.115. The van der Waals surface area contributed by atoms with Gasteiger partial charge in [0, 0.05) is 46.1 Å². The molecule has 1 aliphatic heterocycles. The molecule has 3 aromatic heterocycles. The monoisotopic (exact) mass is 463 g/mol. The van der Waals surface area contributed by atoms with E-state index in [1.165, 1.54) is 30.6 Å². The van der Waals surface area contributed by atoms with E-state index in [2.05, 4.69) is 37.8 Å². The Balaban J connectivity index is 1.34. The molecule has 0 atom stereocenters. The van der Waals surface area contributed by atoms with Gasteiger partial charge in [-0.25, -0.2) is 9.78 Å². The lowest BCUT2D eigenvalue weighted by Gasteiger charge is -2.10. The van der Waals surface area contributed by atoms with Crippen molar-refractivity contribution in [1.29, 1.82) is 0 Å². The summed E-state index contributed by atoms with van der Waals surface area (Å²) < 4.78 is 1.76. The van der Waals surface area contributed by atoms with Gasteiger partial charge in [-0.2, -0.15) is 9.61 Å². The number of imide groups is 1. The highest BCUT2D eigenvalue weighted by Gasteiger charge is 2.25. The van der Waals surface area contributed by atoms with Crippen LogP contribution in [0.2, 0.25) is 0 Å². The van der Waals surface area contributed by atoms with Gasteiger partial charge in [0.05, 0.1) is 11.9 Å². The average molecular weight is 464 g/mol. The first-order chi connectivity index (χ1) is 16.1. The third-order valence-corrected chi connectivity index (χ3v) is 7.25. The van der Waals surface area contributed by atoms with Gasteiger partial charge in [-0.05, 0) is 37.8 Å². The summed E-state index contributed by atoms with van der Waals surface area (Å²) in [6, 6.07) is 4.80. The maximum absolute atomic E-state index is 12.0. The van der Waals surface area contributed by atoms with Crippen molar-refractivity contribution >= 4 is 40.8 Å². The molecule has 10 heteroatoms. The number of nitrogens with one attached hydrogen (secondary N) is 4. The smallest absolute Gasteiger partial charge is 0.326 e. The van der Waals surface area contributed by atoms with Crippen LogP contribution in [0.3, 0.4) is 0 Å². The molecule has 2 saturated carbocycles. The quantitative estimate of drug-likeness (QED) is 0.316. The summed E-state index contributed by atoms with van der Waals surface area (Å²) in [6.45, 7) is 0.879. The van der Waals surface area contributed by atoms with E-state index in [1.54, 1.807) is 28.1 Å². The van der Waals surface area contributed by atoms with E-state index in [1.807, 2.05) is 6.07 Å². The number of carbonyl (C=O) groups is 2. The van der Waals surface area contributed by atoms with E-state index in [0.717, 1.165) is 36.5 Å². The molecule has 170 valence electrons. The van der Waals surface area contributed by atoms with Crippen molar-refractivity contribution in [2.24, 2.45) is 0 Å². The van der Waals surface area contributed by atoms with Crippen LogP contribution in [-0.2, 0) is 11.3 Å². The maximum Gasteiger partial charge on any atom is 0.326 e. The summed E-state index contributed by atoms with van der Waals surface area (Å²) in [5, 5.41) is 18.6. The van der Waals surface area contributed by atoms with Gasteiger partial charge in [0.25, 0.3) is 5.91 Å². The number of aromatic nitrogens is 3. The summed E-state index contributed by atoms with van der Waals surface area (Å²) in [4.78, 5) is 29.6. The number of fused-ring (bicyclic) bond motifs is 1. The fourth-order valence-electron chi connectivity index (χ4n) is 4.39. The molecule has 4 N–H and O–H groups in total. The molecule has 0 radical (unpaired) electrons. The number of urea groups is 1. The molecule has 9 nitrogen and oxygen atoms in total. The third-order valence-electron chi connectivity index (χ3n) is 6.32. The Hall–Kier alpha value is -3.24. The lowest BCUT2D eigenvalue weighted by Crippen LogP contribution is -2.24. The molecule has 0 spiro atoms. The number of hydrogen-bond donors (Lipinski definition) is 4. The molecule has 2 aliphatic carbocycles.